The molecule has 1 aromatic carbocycles. The van der Waals surface area contributed by atoms with Crippen LogP contribution in [0.3, 0.4) is 0 Å². The number of amides is 1. The number of benzene rings is 1. The van der Waals surface area contributed by atoms with Gasteiger partial charge < -0.3 is 0 Å². The van der Waals surface area contributed by atoms with Crippen LogP contribution in [0, 0.1) is 0 Å². The fourth-order valence-corrected chi connectivity index (χ4v) is 2.94. The number of halogens is 3. The smallest absolute Gasteiger partial charge is 0.263 e. The molecule has 1 amide bonds. The Kier molecular flexibility index (Phi) is 5.15. The summed E-state index contributed by atoms with van der Waals surface area (Å²) in [4.78, 5) is 11.0. The minimum atomic E-state index is -5.23. The lowest BCUT2D eigenvalue weighted by molar-refractivity contribution is -0.180. The molecule has 0 fully saturated rings. The van der Waals surface area contributed by atoms with Gasteiger partial charge >= 0.3 is 12.1 Å². The van der Waals surface area contributed by atoms with Crippen LogP contribution in [0.1, 0.15) is 19.8 Å². The van der Waals surface area contributed by atoms with E-state index in [9.17, 15) is 26.4 Å². The van der Waals surface area contributed by atoms with E-state index in [0.29, 0.717) is 6.42 Å². The van der Waals surface area contributed by atoms with Crippen molar-refractivity contribution in [1.29, 1.82) is 0 Å². The fraction of sp³-hybridized carbons (Fsp3) is 0.417. The summed E-state index contributed by atoms with van der Waals surface area (Å²) in [5, 5.41) is 0. The SMILES string of the molecule is CCCCN(C(=O)C(F)(F)F)S(=O)(=O)c1ccccc1. The summed E-state index contributed by atoms with van der Waals surface area (Å²) in [6, 6.07) is 6.59. The molecule has 0 aliphatic rings. The van der Waals surface area contributed by atoms with E-state index >= 15 is 0 Å². The fourth-order valence-electron chi connectivity index (χ4n) is 1.49. The van der Waals surface area contributed by atoms with Gasteiger partial charge in [-0.3, -0.25) is 4.79 Å². The predicted octanol–water partition coefficient (Wildman–Crippen LogP) is 2.57. The van der Waals surface area contributed by atoms with E-state index < -0.39 is 28.7 Å². The van der Waals surface area contributed by atoms with Crippen molar-refractivity contribution in [2.45, 2.75) is 30.8 Å². The van der Waals surface area contributed by atoms with Gasteiger partial charge in [0.1, 0.15) is 0 Å². The van der Waals surface area contributed by atoms with E-state index in [1.807, 2.05) is 0 Å². The van der Waals surface area contributed by atoms with E-state index in [0.717, 1.165) is 12.1 Å². The molecule has 0 saturated carbocycles. The molecular weight excluding hydrogens is 295 g/mol. The Hall–Kier alpha value is -1.57. The van der Waals surface area contributed by atoms with Gasteiger partial charge in [0.2, 0.25) is 0 Å². The lowest BCUT2D eigenvalue weighted by atomic mass is 10.3. The Labute approximate surface area is 115 Å². The molecule has 0 saturated heterocycles. The van der Waals surface area contributed by atoms with Gasteiger partial charge in [0.25, 0.3) is 10.0 Å². The molecule has 0 unspecified atom stereocenters. The van der Waals surface area contributed by atoms with Crippen molar-refractivity contribution in [3.05, 3.63) is 30.3 Å². The van der Waals surface area contributed by atoms with E-state index in [1.165, 1.54) is 18.2 Å². The number of rotatable bonds is 5. The Morgan fingerprint density at radius 1 is 1.20 bits per heavy atom. The van der Waals surface area contributed by atoms with Crippen LogP contribution < -0.4 is 0 Å². The maximum Gasteiger partial charge on any atom is 0.472 e. The van der Waals surface area contributed by atoms with Gasteiger partial charge in [-0.2, -0.15) is 13.2 Å². The lowest BCUT2D eigenvalue weighted by Gasteiger charge is -2.23. The number of carbonyl (C=O) groups is 1. The monoisotopic (exact) mass is 309 g/mol. The summed E-state index contributed by atoms with van der Waals surface area (Å²) >= 11 is 0. The van der Waals surface area contributed by atoms with Crippen molar-refractivity contribution in [3.8, 4) is 0 Å². The van der Waals surface area contributed by atoms with Crippen LogP contribution in [-0.2, 0) is 14.8 Å². The number of carbonyl (C=O) groups excluding carboxylic acids is 1. The Morgan fingerprint density at radius 2 is 1.75 bits per heavy atom. The third kappa shape index (κ3) is 3.72. The van der Waals surface area contributed by atoms with Crippen LogP contribution in [0.4, 0.5) is 13.2 Å². The molecule has 0 spiro atoms. The van der Waals surface area contributed by atoms with Gasteiger partial charge in [-0.1, -0.05) is 31.5 Å². The van der Waals surface area contributed by atoms with Gasteiger partial charge in [0.05, 0.1) is 4.90 Å². The molecule has 0 aliphatic carbocycles. The summed E-state index contributed by atoms with van der Waals surface area (Å²) < 4.78 is 61.7. The molecule has 1 rings (SSSR count). The van der Waals surface area contributed by atoms with Crippen molar-refractivity contribution in [2.75, 3.05) is 6.54 Å². The summed E-state index contributed by atoms with van der Waals surface area (Å²) in [6.45, 7) is 1.19. The largest absolute Gasteiger partial charge is 0.472 e. The maximum absolute atomic E-state index is 12.5. The highest BCUT2D eigenvalue weighted by atomic mass is 32.2. The lowest BCUT2D eigenvalue weighted by Crippen LogP contribution is -2.45. The van der Waals surface area contributed by atoms with Crippen molar-refractivity contribution in [3.63, 3.8) is 0 Å². The Bertz CT molecular complexity index is 555. The zero-order valence-corrected chi connectivity index (χ0v) is 11.5. The van der Waals surface area contributed by atoms with Crippen molar-refractivity contribution < 1.29 is 26.4 Å². The van der Waals surface area contributed by atoms with E-state index in [-0.39, 0.29) is 15.6 Å². The van der Waals surface area contributed by atoms with Crippen molar-refractivity contribution in [1.82, 2.24) is 4.31 Å². The zero-order chi connectivity index (χ0) is 15.4. The molecule has 0 aliphatic heterocycles. The highest BCUT2D eigenvalue weighted by molar-refractivity contribution is 7.89. The van der Waals surface area contributed by atoms with Crippen LogP contribution >= 0.6 is 0 Å². The van der Waals surface area contributed by atoms with Gasteiger partial charge in [-0.05, 0) is 18.6 Å². The van der Waals surface area contributed by atoms with Crippen LogP contribution in [0.5, 0.6) is 0 Å². The third-order valence-corrected chi connectivity index (χ3v) is 4.31. The first-order valence-electron chi connectivity index (χ1n) is 5.90. The Morgan fingerprint density at radius 3 is 2.20 bits per heavy atom. The second-order valence-corrected chi connectivity index (χ2v) is 5.91. The maximum atomic E-state index is 12.5. The molecular formula is C12H14F3NO3S. The van der Waals surface area contributed by atoms with Crippen molar-refractivity contribution >= 4 is 15.9 Å². The van der Waals surface area contributed by atoms with Crippen LogP contribution in [0.2, 0.25) is 0 Å². The molecule has 8 heteroatoms. The number of hydrogen-bond donors (Lipinski definition) is 0. The first-order valence-corrected chi connectivity index (χ1v) is 7.34. The predicted molar refractivity (Wildman–Crippen MR) is 66.3 cm³/mol. The van der Waals surface area contributed by atoms with E-state index in [4.69, 9.17) is 0 Å². The average Bonchev–Trinajstić information content (AvgIpc) is 2.38. The highest BCUT2D eigenvalue weighted by Gasteiger charge is 2.46. The number of unbranched alkanes of at least 4 members (excludes halogenated alkanes) is 1. The first-order chi connectivity index (χ1) is 9.21. The standard InChI is InChI=1S/C12H14F3NO3S/c1-2-3-9-16(11(17)12(13,14)15)20(18,19)10-7-5-4-6-8-10/h4-8H,2-3,9H2,1H3. The molecule has 1 aromatic rings. The van der Waals surface area contributed by atoms with Gasteiger partial charge in [0, 0.05) is 6.54 Å². The molecule has 0 aromatic heterocycles. The molecule has 0 atom stereocenters. The molecule has 112 valence electrons. The molecule has 4 nitrogen and oxygen atoms in total. The third-order valence-electron chi connectivity index (χ3n) is 2.51. The van der Waals surface area contributed by atoms with Gasteiger partial charge in [-0.25, -0.2) is 12.7 Å². The van der Waals surface area contributed by atoms with Crippen LogP contribution in [0.25, 0.3) is 0 Å². The number of nitrogens with zero attached hydrogens (tertiary/aromatic N) is 1. The zero-order valence-electron chi connectivity index (χ0n) is 10.7. The van der Waals surface area contributed by atoms with E-state index in [1.54, 1.807) is 6.92 Å². The highest BCUT2D eigenvalue weighted by Crippen LogP contribution is 2.24. The van der Waals surface area contributed by atoms with E-state index in [2.05, 4.69) is 0 Å². The van der Waals surface area contributed by atoms with Crippen molar-refractivity contribution in [2.24, 2.45) is 0 Å². The number of hydrogen-bond acceptors (Lipinski definition) is 3. The molecule has 0 N–H and O–H groups in total. The van der Waals surface area contributed by atoms with Gasteiger partial charge in [-0.15, -0.1) is 0 Å². The molecule has 20 heavy (non-hydrogen) atoms. The summed E-state index contributed by atoms with van der Waals surface area (Å²) in [7, 11) is -4.49. The quantitative estimate of drug-likeness (QED) is 0.840. The first kappa shape index (κ1) is 16.5. The van der Waals surface area contributed by atoms with Crippen LogP contribution in [0.15, 0.2) is 35.2 Å². The summed E-state index contributed by atoms with van der Waals surface area (Å²) in [5.41, 5.74) is 0. The Balaban J connectivity index is 3.20. The number of sulfonamides is 1. The normalized spacial score (nSPS) is 12.2. The summed E-state index contributed by atoms with van der Waals surface area (Å²) in [5.74, 6) is -2.37. The van der Waals surface area contributed by atoms with Gasteiger partial charge in [0.15, 0.2) is 0 Å². The summed E-state index contributed by atoms with van der Waals surface area (Å²) in [6.07, 6.45) is -4.60. The molecule has 0 heterocycles. The minimum Gasteiger partial charge on any atom is -0.263 e. The van der Waals surface area contributed by atoms with Crippen LogP contribution in [-0.4, -0.2) is 31.4 Å². The molecule has 0 bridgehead atoms. The second-order valence-electron chi connectivity index (χ2n) is 4.05. The number of alkyl halides is 3. The average molecular weight is 309 g/mol. The molecule has 0 radical (unpaired) electrons. The second kappa shape index (κ2) is 6.25. The topological polar surface area (TPSA) is 54.5 Å². The minimum absolute atomic E-state index is 0.105.